The molecule has 0 bridgehead atoms. The first-order valence-electron chi connectivity index (χ1n) is 6.57. The second kappa shape index (κ2) is 4.66. The number of hydrogen-bond acceptors (Lipinski definition) is 3. The summed E-state index contributed by atoms with van der Waals surface area (Å²) in [6.07, 6.45) is 3.74. The normalized spacial score (nSPS) is 17.1. The molecule has 0 radical (unpaired) electrons. The van der Waals surface area contributed by atoms with E-state index in [1.54, 1.807) is 0 Å². The van der Waals surface area contributed by atoms with Crippen LogP contribution in [0.1, 0.15) is 16.1 Å². The molecule has 2 aromatic rings. The maximum Gasteiger partial charge on any atom is 0.254 e. The van der Waals surface area contributed by atoms with Crippen molar-refractivity contribution in [2.24, 2.45) is 0 Å². The molecule has 1 aliphatic rings. The SMILES string of the molecule is Cc1cnc2cc(C(=O)N3CCN(C)CC3)ccn12. The summed E-state index contributed by atoms with van der Waals surface area (Å²) in [4.78, 5) is 20.9. The molecule has 1 amide bonds. The third-order valence-corrected chi connectivity index (χ3v) is 3.74. The zero-order valence-electron chi connectivity index (χ0n) is 11.3. The van der Waals surface area contributed by atoms with Gasteiger partial charge in [0, 0.05) is 49.8 Å². The number of fused-ring (bicyclic) bond motifs is 1. The van der Waals surface area contributed by atoms with Gasteiger partial charge in [0.2, 0.25) is 0 Å². The highest BCUT2D eigenvalue weighted by atomic mass is 16.2. The highest BCUT2D eigenvalue weighted by Gasteiger charge is 2.20. The Morgan fingerprint density at radius 3 is 2.74 bits per heavy atom. The number of rotatable bonds is 1. The first-order valence-corrected chi connectivity index (χ1v) is 6.57. The van der Waals surface area contributed by atoms with Gasteiger partial charge in [0.25, 0.3) is 5.91 Å². The van der Waals surface area contributed by atoms with Gasteiger partial charge in [0.1, 0.15) is 5.65 Å². The number of nitrogens with zero attached hydrogens (tertiary/aromatic N) is 4. The van der Waals surface area contributed by atoms with E-state index in [9.17, 15) is 4.79 Å². The number of imidazole rings is 1. The minimum absolute atomic E-state index is 0.108. The van der Waals surface area contributed by atoms with Crippen LogP contribution < -0.4 is 0 Å². The Morgan fingerprint density at radius 2 is 2.00 bits per heavy atom. The van der Waals surface area contributed by atoms with Crippen LogP contribution in [0.5, 0.6) is 0 Å². The molecule has 0 aliphatic carbocycles. The van der Waals surface area contributed by atoms with Gasteiger partial charge in [-0.05, 0) is 26.1 Å². The predicted molar refractivity (Wildman–Crippen MR) is 73.3 cm³/mol. The van der Waals surface area contributed by atoms with Crippen LogP contribution >= 0.6 is 0 Å². The second-order valence-electron chi connectivity index (χ2n) is 5.14. The van der Waals surface area contributed by atoms with Crippen molar-refractivity contribution in [1.29, 1.82) is 0 Å². The largest absolute Gasteiger partial charge is 0.336 e. The smallest absolute Gasteiger partial charge is 0.254 e. The average molecular weight is 258 g/mol. The predicted octanol–water partition coefficient (Wildman–Crippen LogP) is 1.03. The molecule has 3 heterocycles. The fraction of sp³-hybridized carbons (Fsp3) is 0.429. The lowest BCUT2D eigenvalue weighted by Gasteiger charge is -2.32. The summed E-state index contributed by atoms with van der Waals surface area (Å²) >= 11 is 0. The zero-order chi connectivity index (χ0) is 13.4. The molecule has 19 heavy (non-hydrogen) atoms. The summed E-state index contributed by atoms with van der Waals surface area (Å²) in [7, 11) is 2.08. The van der Waals surface area contributed by atoms with E-state index in [2.05, 4.69) is 16.9 Å². The summed E-state index contributed by atoms with van der Waals surface area (Å²) in [6, 6.07) is 3.75. The first-order chi connectivity index (χ1) is 9.15. The number of carbonyl (C=O) groups excluding carboxylic acids is 1. The maximum absolute atomic E-state index is 12.4. The van der Waals surface area contributed by atoms with Crippen LogP contribution in [0.25, 0.3) is 5.65 Å². The highest BCUT2D eigenvalue weighted by molar-refractivity contribution is 5.95. The van der Waals surface area contributed by atoms with Crippen molar-refractivity contribution in [2.75, 3.05) is 33.2 Å². The van der Waals surface area contributed by atoms with Crippen LogP contribution in [0.4, 0.5) is 0 Å². The Kier molecular flexibility index (Phi) is 2.98. The van der Waals surface area contributed by atoms with Gasteiger partial charge < -0.3 is 14.2 Å². The number of hydrogen-bond donors (Lipinski definition) is 0. The Labute approximate surface area is 112 Å². The van der Waals surface area contributed by atoms with E-state index in [4.69, 9.17) is 0 Å². The summed E-state index contributed by atoms with van der Waals surface area (Å²) in [6.45, 7) is 5.48. The molecule has 0 aromatic carbocycles. The van der Waals surface area contributed by atoms with Crippen molar-refractivity contribution in [2.45, 2.75) is 6.92 Å². The van der Waals surface area contributed by atoms with Crippen molar-refractivity contribution >= 4 is 11.6 Å². The lowest BCUT2D eigenvalue weighted by Crippen LogP contribution is -2.47. The second-order valence-corrected chi connectivity index (χ2v) is 5.14. The van der Waals surface area contributed by atoms with Gasteiger partial charge in [-0.3, -0.25) is 4.79 Å². The van der Waals surface area contributed by atoms with Crippen LogP contribution in [0, 0.1) is 6.92 Å². The monoisotopic (exact) mass is 258 g/mol. The lowest BCUT2D eigenvalue weighted by atomic mass is 10.2. The van der Waals surface area contributed by atoms with Gasteiger partial charge in [-0.2, -0.15) is 0 Å². The van der Waals surface area contributed by atoms with Gasteiger partial charge in [0.15, 0.2) is 0 Å². The average Bonchev–Trinajstić information content (AvgIpc) is 2.80. The molecule has 2 aromatic heterocycles. The molecule has 0 spiro atoms. The molecule has 5 heteroatoms. The van der Waals surface area contributed by atoms with E-state index >= 15 is 0 Å². The van der Waals surface area contributed by atoms with Crippen molar-refractivity contribution < 1.29 is 4.79 Å². The number of likely N-dealkylation sites (N-methyl/N-ethyl adjacent to an activating group) is 1. The van der Waals surface area contributed by atoms with Gasteiger partial charge >= 0.3 is 0 Å². The van der Waals surface area contributed by atoms with Gasteiger partial charge in [0.05, 0.1) is 0 Å². The van der Waals surface area contributed by atoms with Gasteiger partial charge in [-0.1, -0.05) is 0 Å². The molecule has 0 unspecified atom stereocenters. The van der Waals surface area contributed by atoms with E-state index < -0.39 is 0 Å². The number of aryl methyl sites for hydroxylation is 1. The topological polar surface area (TPSA) is 40.9 Å². The summed E-state index contributed by atoms with van der Waals surface area (Å²) < 4.78 is 1.99. The molecule has 1 fully saturated rings. The molecular formula is C14H18N4O. The van der Waals surface area contributed by atoms with Crippen molar-refractivity contribution in [3.63, 3.8) is 0 Å². The van der Waals surface area contributed by atoms with E-state index in [-0.39, 0.29) is 5.91 Å². The number of carbonyl (C=O) groups is 1. The minimum Gasteiger partial charge on any atom is -0.336 e. The number of amides is 1. The molecule has 1 saturated heterocycles. The maximum atomic E-state index is 12.4. The van der Waals surface area contributed by atoms with Crippen LogP contribution in [-0.2, 0) is 0 Å². The van der Waals surface area contributed by atoms with Crippen molar-refractivity contribution in [3.8, 4) is 0 Å². The lowest BCUT2D eigenvalue weighted by molar-refractivity contribution is 0.0664. The van der Waals surface area contributed by atoms with Crippen LogP contribution in [-0.4, -0.2) is 58.3 Å². The highest BCUT2D eigenvalue weighted by Crippen LogP contribution is 2.12. The first kappa shape index (κ1) is 12.2. The van der Waals surface area contributed by atoms with Crippen LogP contribution in [0.2, 0.25) is 0 Å². The zero-order valence-corrected chi connectivity index (χ0v) is 11.3. The quantitative estimate of drug-likeness (QED) is 0.767. The van der Waals surface area contributed by atoms with E-state index in [0.717, 1.165) is 43.1 Å². The molecule has 0 atom stereocenters. The minimum atomic E-state index is 0.108. The van der Waals surface area contributed by atoms with E-state index in [1.165, 1.54) is 0 Å². The summed E-state index contributed by atoms with van der Waals surface area (Å²) in [5, 5.41) is 0. The van der Waals surface area contributed by atoms with Crippen molar-refractivity contribution in [3.05, 3.63) is 35.8 Å². The Morgan fingerprint density at radius 1 is 1.26 bits per heavy atom. The molecule has 1 aliphatic heterocycles. The molecule has 5 nitrogen and oxygen atoms in total. The molecule has 0 saturated carbocycles. The molecular weight excluding hydrogens is 240 g/mol. The Hall–Kier alpha value is -1.88. The Balaban J connectivity index is 1.85. The number of aromatic nitrogens is 2. The number of piperazine rings is 1. The van der Waals surface area contributed by atoms with E-state index in [1.807, 2.05) is 40.8 Å². The molecule has 100 valence electrons. The van der Waals surface area contributed by atoms with Crippen molar-refractivity contribution in [1.82, 2.24) is 19.2 Å². The molecule has 3 rings (SSSR count). The fourth-order valence-electron chi connectivity index (χ4n) is 2.43. The Bertz CT molecular complexity index is 611. The van der Waals surface area contributed by atoms with Gasteiger partial charge in [-0.15, -0.1) is 0 Å². The summed E-state index contributed by atoms with van der Waals surface area (Å²) in [5.41, 5.74) is 2.63. The van der Waals surface area contributed by atoms with Crippen LogP contribution in [0.15, 0.2) is 24.5 Å². The number of pyridine rings is 1. The van der Waals surface area contributed by atoms with Crippen LogP contribution in [0.3, 0.4) is 0 Å². The van der Waals surface area contributed by atoms with E-state index in [0.29, 0.717) is 0 Å². The fourth-order valence-corrected chi connectivity index (χ4v) is 2.43. The third-order valence-electron chi connectivity index (χ3n) is 3.74. The standard InChI is InChI=1S/C14H18N4O/c1-11-10-15-13-9-12(3-4-18(11)13)14(19)17-7-5-16(2)6-8-17/h3-4,9-10H,5-8H2,1-2H3. The molecule has 0 N–H and O–H groups in total. The third kappa shape index (κ3) is 2.21. The summed E-state index contributed by atoms with van der Waals surface area (Å²) in [5.74, 6) is 0.108. The van der Waals surface area contributed by atoms with Gasteiger partial charge in [-0.25, -0.2) is 4.98 Å².